The number of nitrogens with zero attached hydrogens (tertiary/aromatic N) is 3. The predicted molar refractivity (Wildman–Crippen MR) is 75.9 cm³/mol. The van der Waals surface area contributed by atoms with Crippen molar-refractivity contribution < 1.29 is 4.79 Å². The smallest absolute Gasteiger partial charge is 0.272 e. The Kier molecular flexibility index (Phi) is 4.11. The van der Waals surface area contributed by atoms with Crippen LogP contribution in [0.2, 0.25) is 0 Å². The minimum Gasteiger partial charge on any atom is -0.336 e. The Morgan fingerprint density at radius 3 is 2.75 bits per heavy atom. The summed E-state index contributed by atoms with van der Waals surface area (Å²) < 4.78 is 0. The molecular formula is C16H15N3O. The standard InChI is InChI=1S/C16H15N3O/c1-12-5-3-6-13(9-12)11-19(2)16(20)15-8-4-7-14(10-17)18-15/h3-9H,11H2,1-2H3. The molecular weight excluding hydrogens is 250 g/mol. The van der Waals surface area contributed by atoms with Crippen molar-refractivity contribution in [2.24, 2.45) is 0 Å². The van der Waals surface area contributed by atoms with E-state index in [-0.39, 0.29) is 11.6 Å². The van der Waals surface area contributed by atoms with Crippen LogP contribution in [0.25, 0.3) is 0 Å². The Morgan fingerprint density at radius 1 is 1.30 bits per heavy atom. The SMILES string of the molecule is Cc1cccc(CN(C)C(=O)c2cccc(C#N)n2)c1. The fourth-order valence-corrected chi connectivity index (χ4v) is 1.97. The second kappa shape index (κ2) is 5.98. The van der Waals surface area contributed by atoms with Gasteiger partial charge in [0.2, 0.25) is 0 Å². The van der Waals surface area contributed by atoms with E-state index in [1.165, 1.54) is 0 Å². The maximum absolute atomic E-state index is 12.3. The zero-order valence-electron chi connectivity index (χ0n) is 11.5. The molecule has 0 fully saturated rings. The van der Waals surface area contributed by atoms with Gasteiger partial charge >= 0.3 is 0 Å². The average Bonchev–Trinajstić information content (AvgIpc) is 2.46. The van der Waals surface area contributed by atoms with Crippen molar-refractivity contribution >= 4 is 5.91 Å². The highest BCUT2D eigenvalue weighted by Gasteiger charge is 2.13. The molecule has 100 valence electrons. The second-order valence-electron chi connectivity index (χ2n) is 4.67. The first-order chi connectivity index (χ1) is 9.60. The first-order valence-corrected chi connectivity index (χ1v) is 6.28. The van der Waals surface area contributed by atoms with Crippen LogP contribution in [-0.2, 0) is 6.54 Å². The van der Waals surface area contributed by atoms with Crippen molar-refractivity contribution in [2.75, 3.05) is 7.05 Å². The molecule has 2 rings (SSSR count). The van der Waals surface area contributed by atoms with E-state index >= 15 is 0 Å². The topological polar surface area (TPSA) is 57.0 Å². The highest BCUT2D eigenvalue weighted by molar-refractivity contribution is 5.92. The predicted octanol–water partition coefficient (Wildman–Crippen LogP) is 2.53. The molecule has 0 atom stereocenters. The number of nitriles is 1. The van der Waals surface area contributed by atoms with Gasteiger partial charge in [0.25, 0.3) is 5.91 Å². The lowest BCUT2D eigenvalue weighted by Crippen LogP contribution is -2.27. The fourth-order valence-electron chi connectivity index (χ4n) is 1.97. The largest absolute Gasteiger partial charge is 0.336 e. The van der Waals surface area contributed by atoms with E-state index in [0.29, 0.717) is 12.2 Å². The van der Waals surface area contributed by atoms with Gasteiger partial charge in [0.15, 0.2) is 0 Å². The van der Waals surface area contributed by atoms with Crippen LogP contribution in [0.1, 0.15) is 27.3 Å². The first-order valence-electron chi connectivity index (χ1n) is 6.28. The molecule has 0 unspecified atom stereocenters. The maximum Gasteiger partial charge on any atom is 0.272 e. The van der Waals surface area contributed by atoms with E-state index < -0.39 is 0 Å². The molecule has 1 aromatic heterocycles. The average molecular weight is 265 g/mol. The van der Waals surface area contributed by atoms with E-state index in [0.717, 1.165) is 11.1 Å². The maximum atomic E-state index is 12.3. The molecule has 0 bridgehead atoms. The Hall–Kier alpha value is -2.67. The number of hydrogen-bond donors (Lipinski definition) is 0. The minimum absolute atomic E-state index is 0.191. The summed E-state index contributed by atoms with van der Waals surface area (Å²) in [5.41, 5.74) is 2.77. The van der Waals surface area contributed by atoms with E-state index in [4.69, 9.17) is 5.26 Å². The van der Waals surface area contributed by atoms with E-state index in [1.54, 1.807) is 30.1 Å². The number of rotatable bonds is 3. The normalized spacial score (nSPS) is 9.85. The van der Waals surface area contributed by atoms with E-state index in [9.17, 15) is 4.79 Å². The summed E-state index contributed by atoms with van der Waals surface area (Å²) in [4.78, 5) is 17.9. The number of aromatic nitrogens is 1. The van der Waals surface area contributed by atoms with Gasteiger partial charge in [0.05, 0.1) is 0 Å². The molecule has 20 heavy (non-hydrogen) atoms. The molecule has 1 aromatic carbocycles. The highest BCUT2D eigenvalue weighted by atomic mass is 16.2. The van der Waals surface area contributed by atoms with Gasteiger partial charge < -0.3 is 4.90 Å². The number of amides is 1. The lowest BCUT2D eigenvalue weighted by Gasteiger charge is -2.17. The Balaban J connectivity index is 2.14. The van der Waals surface area contributed by atoms with Crippen LogP contribution in [0.4, 0.5) is 0 Å². The van der Waals surface area contributed by atoms with Gasteiger partial charge in [-0.15, -0.1) is 0 Å². The van der Waals surface area contributed by atoms with E-state index in [1.807, 2.05) is 37.3 Å². The molecule has 0 saturated heterocycles. The lowest BCUT2D eigenvalue weighted by molar-refractivity contribution is 0.0779. The summed E-state index contributed by atoms with van der Waals surface area (Å²) in [6.45, 7) is 2.53. The molecule has 0 aliphatic rings. The monoisotopic (exact) mass is 265 g/mol. The quantitative estimate of drug-likeness (QED) is 0.857. The van der Waals surface area contributed by atoms with Crippen molar-refractivity contribution in [1.82, 2.24) is 9.88 Å². The first kappa shape index (κ1) is 13.8. The van der Waals surface area contributed by atoms with Crippen LogP contribution in [0.15, 0.2) is 42.5 Å². The van der Waals surface area contributed by atoms with E-state index in [2.05, 4.69) is 4.98 Å². The molecule has 0 radical (unpaired) electrons. The Labute approximate surface area is 118 Å². The van der Waals surface area contributed by atoms with Crippen molar-refractivity contribution in [3.05, 3.63) is 65.0 Å². The number of aryl methyl sites for hydroxylation is 1. The van der Waals surface area contributed by atoms with Crippen molar-refractivity contribution in [3.63, 3.8) is 0 Å². The van der Waals surface area contributed by atoms with Crippen molar-refractivity contribution in [2.45, 2.75) is 13.5 Å². The third-order valence-electron chi connectivity index (χ3n) is 2.93. The molecule has 0 N–H and O–H groups in total. The highest BCUT2D eigenvalue weighted by Crippen LogP contribution is 2.09. The summed E-state index contributed by atoms with van der Waals surface area (Å²) >= 11 is 0. The number of carbonyl (C=O) groups excluding carboxylic acids is 1. The molecule has 1 amide bonds. The van der Waals surface area contributed by atoms with Gasteiger partial charge in [0.1, 0.15) is 17.5 Å². The van der Waals surface area contributed by atoms with Gasteiger partial charge in [-0.25, -0.2) is 4.98 Å². The van der Waals surface area contributed by atoms with Gasteiger partial charge in [-0.05, 0) is 24.6 Å². The summed E-state index contributed by atoms with van der Waals surface area (Å²) in [6.07, 6.45) is 0. The molecule has 4 nitrogen and oxygen atoms in total. The van der Waals surface area contributed by atoms with Crippen LogP contribution in [0, 0.1) is 18.3 Å². The molecule has 1 heterocycles. The third-order valence-corrected chi connectivity index (χ3v) is 2.93. The van der Waals surface area contributed by atoms with Crippen molar-refractivity contribution in [1.29, 1.82) is 5.26 Å². The minimum atomic E-state index is -0.191. The summed E-state index contributed by atoms with van der Waals surface area (Å²) in [5.74, 6) is -0.191. The number of hydrogen-bond acceptors (Lipinski definition) is 3. The van der Waals surface area contributed by atoms with Gasteiger partial charge in [-0.3, -0.25) is 4.79 Å². The van der Waals surface area contributed by atoms with Gasteiger partial charge in [-0.1, -0.05) is 35.9 Å². The Bertz CT molecular complexity index is 673. The number of benzene rings is 1. The summed E-state index contributed by atoms with van der Waals surface area (Å²) in [5, 5.41) is 8.81. The second-order valence-corrected chi connectivity index (χ2v) is 4.67. The van der Waals surface area contributed by atoms with Crippen LogP contribution >= 0.6 is 0 Å². The van der Waals surface area contributed by atoms with Crippen LogP contribution in [0.3, 0.4) is 0 Å². The van der Waals surface area contributed by atoms with Gasteiger partial charge in [0, 0.05) is 13.6 Å². The molecule has 2 aromatic rings. The third kappa shape index (κ3) is 3.21. The molecule has 0 aliphatic heterocycles. The fraction of sp³-hybridized carbons (Fsp3) is 0.188. The van der Waals surface area contributed by atoms with Gasteiger partial charge in [-0.2, -0.15) is 5.26 Å². The summed E-state index contributed by atoms with van der Waals surface area (Å²) in [7, 11) is 1.73. The Morgan fingerprint density at radius 2 is 2.05 bits per heavy atom. The van der Waals surface area contributed by atoms with Crippen LogP contribution in [0.5, 0.6) is 0 Å². The molecule has 4 heteroatoms. The summed E-state index contributed by atoms with van der Waals surface area (Å²) in [6, 6.07) is 14.8. The van der Waals surface area contributed by atoms with Crippen LogP contribution < -0.4 is 0 Å². The molecule has 0 aliphatic carbocycles. The van der Waals surface area contributed by atoms with Crippen LogP contribution in [-0.4, -0.2) is 22.8 Å². The zero-order valence-corrected chi connectivity index (χ0v) is 11.5. The van der Waals surface area contributed by atoms with Crippen molar-refractivity contribution in [3.8, 4) is 6.07 Å². The molecule has 0 saturated carbocycles. The zero-order chi connectivity index (χ0) is 14.5. The molecule has 0 spiro atoms. The lowest BCUT2D eigenvalue weighted by atomic mass is 10.1. The number of carbonyl (C=O) groups is 1. The number of pyridine rings is 1.